The van der Waals surface area contributed by atoms with Crippen molar-refractivity contribution in [3.05, 3.63) is 29.8 Å². The zero-order chi connectivity index (χ0) is 17.6. The summed E-state index contributed by atoms with van der Waals surface area (Å²) in [5.74, 6) is 0.307. The van der Waals surface area contributed by atoms with Crippen LogP contribution < -0.4 is 4.18 Å². The molecule has 0 aliphatic rings. The van der Waals surface area contributed by atoms with Gasteiger partial charge in [0.15, 0.2) is 0 Å². The number of hydrogen-bond acceptors (Lipinski definition) is 4. The second-order valence-corrected chi connectivity index (χ2v) is 8.32. The maximum absolute atomic E-state index is 12.2. The number of rotatable bonds is 8. The lowest BCUT2D eigenvalue weighted by Crippen LogP contribution is -2.37. The van der Waals surface area contributed by atoms with E-state index in [1.165, 1.54) is 6.92 Å². The van der Waals surface area contributed by atoms with E-state index in [0.29, 0.717) is 19.0 Å². The van der Waals surface area contributed by atoms with Gasteiger partial charge in [-0.2, -0.15) is 8.42 Å². The Kier molecular flexibility index (Phi) is 7.35. The molecule has 0 aromatic heterocycles. The molecule has 1 atom stereocenters. The van der Waals surface area contributed by atoms with Crippen LogP contribution in [0, 0.1) is 5.92 Å². The van der Waals surface area contributed by atoms with Crippen molar-refractivity contribution in [1.29, 1.82) is 0 Å². The van der Waals surface area contributed by atoms with Crippen molar-refractivity contribution in [2.75, 3.05) is 12.3 Å². The first-order valence-corrected chi connectivity index (χ1v) is 9.60. The third-order valence-electron chi connectivity index (χ3n) is 3.09. The van der Waals surface area contributed by atoms with Gasteiger partial charge in [0, 0.05) is 13.1 Å². The van der Waals surface area contributed by atoms with E-state index in [4.69, 9.17) is 15.8 Å². The van der Waals surface area contributed by atoms with Crippen LogP contribution in [0.1, 0.15) is 33.3 Å². The third-order valence-corrected chi connectivity index (χ3v) is 4.43. The van der Waals surface area contributed by atoms with Gasteiger partial charge >= 0.3 is 10.1 Å². The van der Waals surface area contributed by atoms with E-state index < -0.39 is 15.5 Å². The van der Waals surface area contributed by atoms with Gasteiger partial charge < -0.3 is 9.08 Å². The topological polar surface area (TPSA) is 63.7 Å². The molecule has 0 spiro atoms. The number of benzene rings is 1. The molecular formula is C16H24ClNO4S. The van der Waals surface area contributed by atoms with Crippen molar-refractivity contribution >= 4 is 27.6 Å². The van der Waals surface area contributed by atoms with E-state index in [9.17, 15) is 13.2 Å². The molecule has 1 rings (SSSR count). The second-order valence-electron chi connectivity index (χ2n) is 5.81. The molecule has 23 heavy (non-hydrogen) atoms. The monoisotopic (exact) mass is 361 g/mol. The van der Waals surface area contributed by atoms with Crippen molar-refractivity contribution in [3.63, 3.8) is 0 Å². The summed E-state index contributed by atoms with van der Waals surface area (Å²) in [6, 6.07) is 6.74. The van der Waals surface area contributed by atoms with Crippen molar-refractivity contribution in [2.45, 2.75) is 39.6 Å². The summed E-state index contributed by atoms with van der Waals surface area (Å²) in [5, 5.41) is -0.603. The van der Waals surface area contributed by atoms with Crippen molar-refractivity contribution in [3.8, 4) is 5.75 Å². The molecule has 5 nitrogen and oxygen atoms in total. The van der Waals surface area contributed by atoms with E-state index in [2.05, 4.69) is 0 Å². The molecule has 0 bridgehead atoms. The number of carbonyl (C=O) groups is 1. The van der Waals surface area contributed by atoms with E-state index >= 15 is 0 Å². The molecule has 0 heterocycles. The first-order chi connectivity index (χ1) is 10.6. The van der Waals surface area contributed by atoms with Crippen LogP contribution in [0.25, 0.3) is 0 Å². The van der Waals surface area contributed by atoms with Crippen molar-refractivity contribution < 1.29 is 17.4 Å². The normalized spacial score (nSPS) is 13.0. The number of carbonyl (C=O) groups excluding carboxylic acids is 1. The molecule has 0 N–H and O–H groups in total. The fourth-order valence-electron chi connectivity index (χ4n) is 2.05. The standard InChI is InChI=1S/C16H24ClNO4S/c1-5-23(20,21)22-15-8-6-7-14(9-15)11-18(10-12(2)3)16(19)13(4)17/h6-9,12-13H,5,10-11H2,1-4H3/t13-/m1/s1. The van der Waals surface area contributed by atoms with Gasteiger partial charge in [-0.1, -0.05) is 26.0 Å². The van der Waals surface area contributed by atoms with E-state index in [1.807, 2.05) is 19.9 Å². The van der Waals surface area contributed by atoms with Crippen LogP contribution in [0.3, 0.4) is 0 Å². The van der Waals surface area contributed by atoms with Crippen LogP contribution in [0.15, 0.2) is 24.3 Å². The zero-order valence-corrected chi connectivity index (χ0v) is 15.5. The molecule has 1 aromatic carbocycles. The predicted molar refractivity (Wildman–Crippen MR) is 92.1 cm³/mol. The Labute approximate surface area is 143 Å². The summed E-state index contributed by atoms with van der Waals surface area (Å²) in [6.07, 6.45) is 0. The Hall–Kier alpha value is -1.27. The first kappa shape index (κ1) is 19.8. The number of halogens is 1. The van der Waals surface area contributed by atoms with Gasteiger partial charge in [-0.15, -0.1) is 11.6 Å². The number of hydrogen-bond donors (Lipinski definition) is 0. The smallest absolute Gasteiger partial charge is 0.308 e. The van der Waals surface area contributed by atoms with Crippen LogP contribution in [-0.2, 0) is 21.5 Å². The van der Waals surface area contributed by atoms with Gasteiger partial charge in [-0.05, 0) is 37.5 Å². The van der Waals surface area contributed by atoms with Crippen LogP contribution in [-0.4, -0.2) is 36.9 Å². The average Bonchev–Trinajstić information content (AvgIpc) is 2.45. The minimum Gasteiger partial charge on any atom is -0.382 e. The lowest BCUT2D eigenvalue weighted by molar-refractivity contribution is -0.131. The quantitative estimate of drug-likeness (QED) is 0.527. The molecule has 7 heteroatoms. The van der Waals surface area contributed by atoms with Gasteiger partial charge in [0.2, 0.25) is 5.91 Å². The maximum Gasteiger partial charge on any atom is 0.308 e. The van der Waals surface area contributed by atoms with Gasteiger partial charge in [-0.25, -0.2) is 0 Å². The molecule has 0 radical (unpaired) electrons. The van der Waals surface area contributed by atoms with Gasteiger partial charge in [0.1, 0.15) is 11.1 Å². The SMILES string of the molecule is CCS(=O)(=O)Oc1cccc(CN(CC(C)C)C(=O)[C@@H](C)Cl)c1. The molecule has 0 fully saturated rings. The molecule has 0 aliphatic carbocycles. The number of alkyl halides is 1. The Morgan fingerprint density at radius 3 is 2.48 bits per heavy atom. The van der Waals surface area contributed by atoms with Crippen LogP contribution in [0.4, 0.5) is 0 Å². The Morgan fingerprint density at radius 2 is 1.96 bits per heavy atom. The van der Waals surface area contributed by atoms with Crippen LogP contribution in [0.5, 0.6) is 5.75 Å². The first-order valence-electron chi connectivity index (χ1n) is 7.58. The summed E-state index contributed by atoms with van der Waals surface area (Å²) < 4.78 is 28.1. The van der Waals surface area contributed by atoms with Crippen LogP contribution in [0.2, 0.25) is 0 Å². The predicted octanol–water partition coefficient (Wildman–Crippen LogP) is 3.03. The van der Waals surface area contributed by atoms with E-state index in [1.54, 1.807) is 30.0 Å². The fraction of sp³-hybridized carbons (Fsp3) is 0.562. The molecule has 1 amide bonds. The van der Waals surface area contributed by atoms with Crippen LogP contribution >= 0.6 is 11.6 Å². The average molecular weight is 362 g/mol. The summed E-state index contributed by atoms with van der Waals surface area (Å²) in [4.78, 5) is 13.9. The minimum atomic E-state index is -3.57. The molecule has 0 saturated carbocycles. The lowest BCUT2D eigenvalue weighted by Gasteiger charge is -2.26. The summed E-state index contributed by atoms with van der Waals surface area (Å²) in [6.45, 7) is 8.14. The summed E-state index contributed by atoms with van der Waals surface area (Å²) in [5.41, 5.74) is 0.792. The highest BCUT2D eigenvalue weighted by Gasteiger charge is 2.20. The van der Waals surface area contributed by atoms with Gasteiger partial charge in [0.25, 0.3) is 0 Å². The summed E-state index contributed by atoms with van der Waals surface area (Å²) in [7, 11) is -3.57. The molecule has 130 valence electrons. The number of nitrogens with zero attached hydrogens (tertiary/aromatic N) is 1. The van der Waals surface area contributed by atoms with Gasteiger partial charge in [0.05, 0.1) is 5.75 Å². The fourth-order valence-corrected chi connectivity index (χ4v) is 2.70. The van der Waals surface area contributed by atoms with Gasteiger partial charge in [-0.3, -0.25) is 4.79 Å². The summed E-state index contributed by atoms with van der Waals surface area (Å²) >= 11 is 5.91. The third kappa shape index (κ3) is 6.79. The Bertz CT molecular complexity index is 629. The minimum absolute atomic E-state index is 0.0983. The highest BCUT2D eigenvalue weighted by Crippen LogP contribution is 2.18. The molecular weight excluding hydrogens is 338 g/mol. The molecule has 0 unspecified atom stereocenters. The highest BCUT2D eigenvalue weighted by atomic mass is 35.5. The largest absolute Gasteiger partial charge is 0.382 e. The number of amides is 1. The van der Waals surface area contributed by atoms with E-state index in [0.717, 1.165) is 5.56 Å². The second kappa shape index (κ2) is 8.55. The van der Waals surface area contributed by atoms with E-state index in [-0.39, 0.29) is 17.4 Å². The highest BCUT2D eigenvalue weighted by molar-refractivity contribution is 7.87. The lowest BCUT2D eigenvalue weighted by atomic mass is 10.1. The van der Waals surface area contributed by atoms with Crippen molar-refractivity contribution in [1.82, 2.24) is 4.90 Å². The molecule has 0 saturated heterocycles. The maximum atomic E-state index is 12.2. The zero-order valence-electron chi connectivity index (χ0n) is 14.0. The Balaban J connectivity index is 2.94. The van der Waals surface area contributed by atoms with Crippen molar-refractivity contribution in [2.24, 2.45) is 5.92 Å². The molecule has 1 aromatic rings. The Morgan fingerprint density at radius 1 is 1.30 bits per heavy atom. The molecule has 0 aliphatic heterocycles.